The molecular weight excluding hydrogens is 432 g/mol. The van der Waals surface area contributed by atoms with E-state index in [1.165, 1.54) is 18.1 Å². The number of ether oxygens (including phenoxy) is 1. The predicted octanol–water partition coefficient (Wildman–Crippen LogP) is 7.29. The number of amides is 1. The number of hydrogen-bond acceptors (Lipinski definition) is 3. The summed E-state index contributed by atoms with van der Waals surface area (Å²) in [5.41, 5.74) is 7.04. The van der Waals surface area contributed by atoms with E-state index in [2.05, 4.69) is 54.7 Å². The lowest BCUT2D eigenvalue weighted by atomic mass is 9.81. The van der Waals surface area contributed by atoms with Gasteiger partial charge in [-0.05, 0) is 42.8 Å². The summed E-state index contributed by atoms with van der Waals surface area (Å²) in [6.07, 6.45) is 1.91. The first kappa shape index (κ1) is 22.4. The Kier molecular flexibility index (Phi) is 6.27. The zero-order valence-corrected chi connectivity index (χ0v) is 19.7. The normalized spacial score (nSPS) is 15.0. The van der Waals surface area contributed by atoms with Gasteiger partial charge in [-0.2, -0.15) is 0 Å². The minimum absolute atomic E-state index is 0.0295. The van der Waals surface area contributed by atoms with Gasteiger partial charge in [0.1, 0.15) is 11.5 Å². The largest absolute Gasteiger partial charge is 0.456 e. The maximum atomic E-state index is 11.3. The van der Waals surface area contributed by atoms with Gasteiger partial charge in [0, 0.05) is 41.4 Å². The summed E-state index contributed by atoms with van der Waals surface area (Å²) in [4.78, 5) is 16.1. The van der Waals surface area contributed by atoms with E-state index >= 15 is 0 Å². The zero-order valence-electron chi connectivity index (χ0n) is 19.7. The molecule has 1 heterocycles. The van der Waals surface area contributed by atoms with Crippen LogP contribution in [-0.2, 0) is 4.79 Å². The first-order chi connectivity index (χ1) is 17.1. The molecule has 1 aliphatic rings. The summed E-state index contributed by atoms with van der Waals surface area (Å²) >= 11 is 0. The number of anilines is 1. The molecule has 35 heavy (non-hydrogen) atoms. The molecule has 4 aromatic carbocycles. The smallest absolute Gasteiger partial charge is 0.221 e. The van der Waals surface area contributed by atoms with Crippen molar-refractivity contribution in [3.8, 4) is 5.75 Å². The molecule has 1 amide bonds. The summed E-state index contributed by atoms with van der Waals surface area (Å²) in [6, 6.07) is 34.5. The van der Waals surface area contributed by atoms with E-state index in [4.69, 9.17) is 9.73 Å². The summed E-state index contributed by atoms with van der Waals surface area (Å²) < 4.78 is 6.50. The first-order valence-electron chi connectivity index (χ1n) is 11.6. The summed E-state index contributed by atoms with van der Waals surface area (Å²) in [7, 11) is 0. The Morgan fingerprint density at radius 3 is 2.26 bits per heavy atom. The Balaban J connectivity index is 1.64. The van der Waals surface area contributed by atoms with Crippen LogP contribution in [0.15, 0.2) is 114 Å². The minimum atomic E-state index is -0.0992. The van der Waals surface area contributed by atoms with Gasteiger partial charge in [-0.1, -0.05) is 78.4 Å². The van der Waals surface area contributed by atoms with E-state index in [-0.39, 0.29) is 11.8 Å². The SMILES string of the molecule is CC(=O)Nc1ccc(N=CC2=C(c3ccccc3)Oc3ccccc3C2c2ccc(C)cc2)cc1. The first-order valence-corrected chi connectivity index (χ1v) is 11.6. The maximum Gasteiger partial charge on any atom is 0.221 e. The molecule has 0 fully saturated rings. The Morgan fingerprint density at radius 2 is 1.54 bits per heavy atom. The number of fused-ring (bicyclic) bond motifs is 1. The quantitative estimate of drug-likeness (QED) is 0.319. The molecule has 5 rings (SSSR count). The molecule has 0 spiro atoms. The van der Waals surface area contributed by atoms with E-state index in [0.717, 1.165) is 39.6 Å². The molecule has 0 aliphatic carbocycles. The lowest BCUT2D eigenvalue weighted by molar-refractivity contribution is -0.114. The van der Waals surface area contributed by atoms with Crippen molar-refractivity contribution in [2.75, 3.05) is 5.32 Å². The summed E-state index contributed by atoms with van der Waals surface area (Å²) in [6.45, 7) is 3.59. The number of benzene rings is 4. The maximum absolute atomic E-state index is 11.3. The predicted molar refractivity (Wildman–Crippen MR) is 142 cm³/mol. The average Bonchev–Trinajstić information content (AvgIpc) is 2.88. The second kappa shape index (κ2) is 9.82. The Hall–Kier alpha value is -4.44. The molecule has 0 bridgehead atoms. The third-order valence-corrected chi connectivity index (χ3v) is 6.00. The lowest BCUT2D eigenvalue weighted by Gasteiger charge is -2.30. The molecule has 1 aliphatic heterocycles. The van der Waals surface area contributed by atoms with E-state index in [0.29, 0.717) is 0 Å². The van der Waals surface area contributed by atoms with Crippen LogP contribution in [-0.4, -0.2) is 12.1 Å². The third-order valence-electron chi connectivity index (χ3n) is 6.00. The molecule has 0 aromatic heterocycles. The highest BCUT2D eigenvalue weighted by molar-refractivity contribution is 5.95. The van der Waals surface area contributed by atoms with Gasteiger partial charge in [0.2, 0.25) is 5.91 Å². The molecule has 4 heteroatoms. The van der Waals surface area contributed by atoms with Crippen LogP contribution in [0.2, 0.25) is 0 Å². The number of rotatable bonds is 5. The van der Waals surface area contributed by atoms with Crippen LogP contribution in [0, 0.1) is 6.92 Å². The van der Waals surface area contributed by atoms with Crippen molar-refractivity contribution in [2.45, 2.75) is 19.8 Å². The molecule has 1 unspecified atom stereocenters. The number of allylic oxidation sites excluding steroid dienone is 1. The van der Waals surface area contributed by atoms with Crippen LogP contribution in [0.3, 0.4) is 0 Å². The third kappa shape index (κ3) is 4.92. The van der Waals surface area contributed by atoms with Gasteiger partial charge in [-0.25, -0.2) is 0 Å². The van der Waals surface area contributed by atoms with Crippen molar-refractivity contribution >= 4 is 29.3 Å². The van der Waals surface area contributed by atoms with Crippen molar-refractivity contribution in [1.82, 2.24) is 0 Å². The van der Waals surface area contributed by atoms with Gasteiger partial charge in [-0.15, -0.1) is 0 Å². The van der Waals surface area contributed by atoms with Crippen molar-refractivity contribution in [3.05, 3.63) is 131 Å². The number of nitrogens with zero attached hydrogens (tertiary/aromatic N) is 1. The van der Waals surface area contributed by atoms with E-state index < -0.39 is 0 Å². The molecule has 4 nitrogen and oxygen atoms in total. The van der Waals surface area contributed by atoms with Crippen LogP contribution in [0.5, 0.6) is 5.75 Å². The number of carbonyl (C=O) groups is 1. The van der Waals surface area contributed by atoms with Gasteiger partial charge in [0.15, 0.2) is 0 Å². The molecule has 172 valence electrons. The fraction of sp³-hybridized carbons (Fsp3) is 0.0968. The van der Waals surface area contributed by atoms with Gasteiger partial charge in [0.25, 0.3) is 0 Å². The number of nitrogens with one attached hydrogen (secondary N) is 1. The van der Waals surface area contributed by atoms with Gasteiger partial charge in [-0.3, -0.25) is 9.79 Å². The number of aliphatic imine (C=N–C) groups is 1. The van der Waals surface area contributed by atoms with Crippen LogP contribution in [0.4, 0.5) is 11.4 Å². The molecule has 1 N–H and O–H groups in total. The fourth-order valence-corrected chi connectivity index (χ4v) is 4.32. The van der Waals surface area contributed by atoms with E-state index in [1.54, 1.807) is 0 Å². The molecule has 0 saturated heterocycles. The van der Waals surface area contributed by atoms with Gasteiger partial charge in [0.05, 0.1) is 5.69 Å². The topological polar surface area (TPSA) is 50.7 Å². The van der Waals surface area contributed by atoms with Crippen molar-refractivity contribution in [1.29, 1.82) is 0 Å². The highest BCUT2D eigenvalue weighted by atomic mass is 16.5. The van der Waals surface area contributed by atoms with Crippen LogP contribution in [0.1, 0.15) is 35.1 Å². The second-order valence-electron chi connectivity index (χ2n) is 8.62. The van der Waals surface area contributed by atoms with E-state index in [9.17, 15) is 4.79 Å². The zero-order chi connectivity index (χ0) is 24.2. The van der Waals surface area contributed by atoms with Crippen LogP contribution >= 0.6 is 0 Å². The standard InChI is InChI=1S/C31H26N2O2/c1-21-12-14-23(15-13-21)30-27-10-6-7-11-29(27)35-31(24-8-4-3-5-9-24)28(30)20-32-25-16-18-26(19-17-25)33-22(2)34/h3-20,30H,1-2H3,(H,33,34). The van der Waals surface area contributed by atoms with Crippen molar-refractivity contribution in [3.63, 3.8) is 0 Å². The second-order valence-corrected chi connectivity index (χ2v) is 8.62. The summed E-state index contributed by atoms with van der Waals surface area (Å²) in [5.74, 6) is 1.53. The highest BCUT2D eigenvalue weighted by Crippen LogP contribution is 2.45. The van der Waals surface area contributed by atoms with Gasteiger partial charge >= 0.3 is 0 Å². The molecule has 1 atom stereocenters. The highest BCUT2D eigenvalue weighted by Gasteiger charge is 2.30. The fourth-order valence-electron chi connectivity index (χ4n) is 4.32. The van der Waals surface area contributed by atoms with Gasteiger partial charge < -0.3 is 10.1 Å². The van der Waals surface area contributed by atoms with Crippen molar-refractivity contribution < 1.29 is 9.53 Å². The minimum Gasteiger partial charge on any atom is -0.456 e. The lowest BCUT2D eigenvalue weighted by Crippen LogP contribution is -2.17. The number of carbonyl (C=O) groups excluding carboxylic acids is 1. The van der Waals surface area contributed by atoms with Crippen molar-refractivity contribution in [2.24, 2.45) is 4.99 Å². The Morgan fingerprint density at radius 1 is 0.857 bits per heavy atom. The molecule has 0 saturated carbocycles. The van der Waals surface area contributed by atoms with Crippen LogP contribution in [0.25, 0.3) is 5.76 Å². The monoisotopic (exact) mass is 458 g/mol. The summed E-state index contributed by atoms with van der Waals surface area (Å²) in [5, 5.41) is 2.79. The molecule has 0 radical (unpaired) electrons. The Bertz CT molecular complexity index is 1400. The number of para-hydroxylation sites is 1. The van der Waals surface area contributed by atoms with E-state index in [1.807, 2.05) is 66.9 Å². The average molecular weight is 459 g/mol. The number of aryl methyl sites for hydroxylation is 1. The van der Waals surface area contributed by atoms with Crippen LogP contribution < -0.4 is 10.1 Å². The number of hydrogen-bond donors (Lipinski definition) is 1. The molecule has 4 aromatic rings. The molecular formula is C31H26N2O2. The Labute approximate surface area is 205 Å².